The van der Waals surface area contributed by atoms with Crippen molar-refractivity contribution in [3.8, 4) is 11.3 Å². The third-order valence-electron chi connectivity index (χ3n) is 5.14. The molecule has 0 aliphatic rings. The van der Waals surface area contributed by atoms with E-state index < -0.39 is 0 Å². The summed E-state index contributed by atoms with van der Waals surface area (Å²) in [5.41, 5.74) is 5.39. The van der Waals surface area contributed by atoms with E-state index in [9.17, 15) is 9.59 Å². The van der Waals surface area contributed by atoms with E-state index in [2.05, 4.69) is 10.6 Å². The van der Waals surface area contributed by atoms with Crippen LogP contribution >= 0.6 is 0 Å². The van der Waals surface area contributed by atoms with Crippen LogP contribution in [0, 0.1) is 6.92 Å². The number of carbonyl (C=O) groups excluding carboxylic acids is 2. The molecule has 3 aromatic carbocycles. The first-order valence-corrected chi connectivity index (χ1v) is 10.2. The van der Waals surface area contributed by atoms with Crippen molar-refractivity contribution in [2.24, 2.45) is 0 Å². The molecule has 0 bridgehead atoms. The van der Waals surface area contributed by atoms with E-state index in [1.165, 1.54) is 0 Å². The fourth-order valence-electron chi connectivity index (χ4n) is 3.39. The molecule has 1 heterocycles. The molecule has 0 fully saturated rings. The van der Waals surface area contributed by atoms with Gasteiger partial charge in [0.1, 0.15) is 0 Å². The highest BCUT2D eigenvalue weighted by Gasteiger charge is 2.15. The Kier molecular flexibility index (Phi) is 5.76. The summed E-state index contributed by atoms with van der Waals surface area (Å²) in [4.78, 5) is 29.5. The van der Waals surface area contributed by atoms with Crippen molar-refractivity contribution in [1.29, 1.82) is 0 Å². The summed E-state index contributed by atoms with van der Waals surface area (Å²) in [7, 11) is 0. The molecule has 0 saturated carbocycles. The van der Waals surface area contributed by atoms with Gasteiger partial charge in [-0.3, -0.25) is 9.59 Å². The van der Waals surface area contributed by atoms with Gasteiger partial charge in [0, 0.05) is 28.7 Å². The molecule has 0 aliphatic carbocycles. The highest BCUT2D eigenvalue weighted by atomic mass is 16.2. The Balaban J connectivity index is 1.72. The van der Waals surface area contributed by atoms with Crippen LogP contribution in [0.1, 0.15) is 29.3 Å². The molecule has 0 atom stereocenters. The normalized spacial score (nSPS) is 10.6. The van der Waals surface area contributed by atoms with Gasteiger partial charge in [-0.25, -0.2) is 4.98 Å². The van der Waals surface area contributed by atoms with Crippen LogP contribution in [-0.4, -0.2) is 16.8 Å². The number of hydrogen-bond acceptors (Lipinski definition) is 3. The van der Waals surface area contributed by atoms with Crippen LogP contribution < -0.4 is 10.6 Å². The molecule has 5 heteroatoms. The molecule has 0 saturated heterocycles. The van der Waals surface area contributed by atoms with Gasteiger partial charge in [0.05, 0.1) is 16.8 Å². The Bertz CT molecular complexity index is 1260. The maximum absolute atomic E-state index is 13.2. The van der Waals surface area contributed by atoms with E-state index >= 15 is 0 Å². The van der Waals surface area contributed by atoms with Crippen molar-refractivity contribution >= 4 is 34.1 Å². The summed E-state index contributed by atoms with van der Waals surface area (Å²) in [6.45, 7) is 3.77. The number of aryl methyl sites for hydroxylation is 1. The molecule has 2 N–H and O–H groups in total. The SMILES string of the molecule is CCC(=O)Nc1ccc(-c2cc(C(=O)Nc3ccccc3C)c3ccccc3n2)cc1. The van der Waals surface area contributed by atoms with Crippen molar-refractivity contribution in [1.82, 2.24) is 4.98 Å². The van der Waals surface area contributed by atoms with Crippen LogP contribution in [0.25, 0.3) is 22.2 Å². The summed E-state index contributed by atoms with van der Waals surface area (Å²) in [5.74, 6) is -0.215. The number of rotatable bonds is 5. The fourth-order valence-corrected chi connectivity index (χ4v) is 3.39. The lowest BCUT2D eigenvalue weighted by Gasteiger charge is -2.12. The molecule has 4 rings (SSSR count). The summed E-state index contributed by atoms with van der Waals surface area (Å²) >= 11 is 0. The van der Waals surface area contributed by atoms with Gasteiger partial charge in [0.2, 0.25) is 5.91 Å². The second-order valence-corrected chi connectivity index (χ2v) is 7.32. The van der Waals surface area contributed by atoms with Crippen molar-refractivity contribution in [2.75, 3.05) is 10.6 Å². The lowest BCUT2D eigenvalue weighted by Crippen LogP contribution is -2.14. The maximum atomic E-state index is 13.2. The molecule has 31 heavy (non-hydrogen) atoms. The Morgan fingerprint density at radius 1 is 0.871 bits per heavy atom. The van der Waals surface area contributed by atoms with Gasteiger partial charge in [-0.05, 0) is 42.8 Å². The highest BCUT2D eigenvalue weighted by molar-refractivity contribution is 6.13. The highest BCUT2D eigenvalue weighted by Crippen LogP contribution is 2.27. The second kappa shape index (κ2) is 8.79. The number of benzene rings is 3. The zero-order valence-corrected chi connectivity index (χ0v) is 17.5. The standard InChI is InChI=1S/C26H23N3O2/c1-3-25(30)27-19-14-12-18(13-15-19)24-16-21(20-9-5-7-11-23(20)28-24)26(31)29-22-10-6-4-8-17(22)2/h4-16H,3H2,1-2H3,(H,27,30)(H,29,31). The lowest BCUT2D eigenvalue weighted by atomic mass is 10.0. The Hall–Kier alpha value is -3.99. The molecule has 0 spiro atoms. The third-order valence-corrected chi connectivity index (χ3v) is 5.14. The molecule has 1 aromatic heterocycles. The summed E-state index contributed by atoms with van der Waals surface area (Å²) < 4.78 is 0. The zero-order chi connectivity index (χ0) is 21.8. The first-order valence-electron chi connectivity index (χ1n) is 10.2. The number of pyridine rings is 1. The first kappa shape index (κ1) is 20.3. The number of carbonyl (C=O) groups is 2. The number of para-hydroxylation sites is 2. The minimum Gasteiger partial charge on any atom is -0.326 e. The number of anilines is 2. The third kappa shape index (κ3) is 4.46. The smallest absolute Gasteiger partial charge is 0.256 e. The number of nitrogens with zero attached hydrogens (tertiary/aromatic N) is 1. The van der Waals surface area contributed by atoms with Crippen molar-refractivity contribution in [2.45, 2.75) is 20.3 Å². The molecule has 4 aromatic rings. The molecular formula is C26H23N3O2. The number of aromatic nitrogens is 1. The van der Waals surface area contributed by atoms with Gasteiger partial charge in [-0.2, -0.15) is 0 Å². The maximum Gasteiger partial charge on any atom is 0.256 e. The minimum absolute atomic E-state index is 0.0354. The van der Waals surface area contributed by atoms with Crippen LogP contribution in [-0.2, 0) is 4.79 Å². The minimum atomic E-state index is -0.180. The Morgan fingerprint density at radius 2 is 1.58 bits per heavy atom. The summed E-state index contributed by atoms with van der Waals surface area (Å²) in [6, 6.07) is 24.6. The molecule has 0 aliphatic heterocycles. The Morgan fingerprint density at radius 3 is 2.32 bits per heavy atom. The van der Waals surface area contributed by atoms with E-state index in [0.717, 1.165) is 33.4 Å². The molecular weight excluding hydrogens is 386 g/mol. The number of hydrogen-bond donors (Lipinski definition) is 2. The predicted octanol–water partition coefficient (Wildman–Crippen LogP) is 5.81. The zero-order valence-electron chi connectivity index (χ0n) is 17.5. The van der Waals surface area contributed by atoms with Crippen LogP contribution in [0.2, 0.25) is 0 Å². The number of fused-ring (bicyclic) bond motifs is 1. The average molecular weight is 409 g/mol. The van der Waals surface area contributed by atoms with Crippen LogP contribution in [0.4, 0.5) is 11.4 Å². The van der Waals surface area contributed by atoms with Gasteiger partial charge in [-0.15, -0.1) is 0 Å². The average Bonchev–Trinajstić information content (AvgIpc) is 2.80. The molecule has 5 nitrogen and oxygen atoms in total. The van der Waals surface area contributed by atoms with Gasteiger partial charge in [0.25, 0.3) is 5.91 Å². The van der Waals surface area contributed by atoms with E-state index in [4.69, 9.17) is 4.98 Å². The topological polar surface area (TPSA) is 71.1 Å². The number of nitrogens with one attached hydrogen (secondary N) is 2. The van der Waals surface area contributed by atoms with Crippen molar-refractivity contribution in [3.05, 3.63) is 90.0 Å². The van der Waals surface area contributed by atoms with Gasteiger partial charge >= 0.3 is 0 Å². The van der Waals surface area contributed by atoms with E-state index in [1.54, 1.807) is 0 Å². The fraction of sp³-hybridized carbons (Fsp3) is 0.115. The van der Waals surface area contributed by atoms with E-state index in [1.807, 2.05) is 92.7 Å². The predicted molar refractivity (Wildman–Crippen MR) is 125 cm³/mol. The summed E-state index contributed by atoms with van der Waals surface area (Å²) in [5, 5.41) is 6.65. The molecule has 154 valence electrons. The largest absolute Gasteiger partial charge is 0.326 e. The Labute approximate surface area is 181 Å². The molecule has 0 radical (unpaired) electrons. The van der Waals surface area contributed by atoms with Crippen LogP contribution in [0.5, 0.6) is 0 Å². The monoisotopic (exact) mass is 409 g/mol. The van der Waals surface area contributed by atoms with Crippen molar-refractivity contribution < 1.29 is 9.59 Å². The first-order chi connectivity index (χ1) is 15.0. The van der Waals surface area contributed by atoms with E-state index in [0.29, 0.717) is 17.7 Å². The number of amides is 2. The van der Waals surface area contributed by atoms with Crippen molar-refractivity contribution in [3.63, 3.8) is 0 Å². The molecule has 0 unspecified atom stereocenters. The van der Waals surface area contributed by atoms with Gasteiger partial charge < -0.3 is 10.6 Å². The lowest BCUT2D eigenvalue weighted by molar-refractivity contribution is -0.115. The van der Waals surface area contributed by atoms with Crippen LogP contribution in [0.15, 0.2) is 78.9 Å². The van der Waals surface area contributed by atoms with Gasteiger partial charge in [-0.1, -0.05) is 55.5 Å². The van der Waals surface area contributed by atoms with Gasteiger partial charge in [0.15, 0.2) is 0 Å². The summed E-state index contributed by atoms with van der Waals surface area (Å²) in [6.07, 6.45) is 0.424. The quantitative estimate of drug-likeness (QED) is 0.437. The second-order valence-electron chi connectivity index (χ2n) is 7.32. The molecule has 2 amide bonds. The van der Waals surface area contributed by atoms with Crippen LogP contribution in [0.3, 0.4) is 0 Å². The van der Waals surface area contributed by atoms with E-state index in [-0.39, 0.29) is 11.8 Å².